The van der Waals surface area contributed by atoms with Crippen LogP contribution in [-0.2, 0) is 13.2 Å². The third-order valence-corrected chi connectivity index (χ3v) is 18.8. The van der Waals surface area contributed by atoms with E-state index >= 15 is 0 Å². The van der Waals surface area contributed by atoms with Gasteiger partial charge in [-0.05, 0) is 146 Å². The summed E-state index contributed by atoms with van der Waals surface area (Å²) in [7, 11) is 0. The van der Waals surface area contributed by atoms with Gasteiger partial charge < -0.3 is 38.6 Å². The molecule has 0 bridgehead atoms. The molecule has 0 unspecified atom stereocenters. The van der Waals surface area contributed by atoms with Gasteiger partial charge in [0.15, 0.2) is 0 Å². The maximum atomic E-state index is 10.9. The predicted molar refractivity (Wildman–Crippen MR) is 397 cm³/mol. The summed E-state index contributed by atoms with van der Waals surface area (Å²) in [6, 6.07) is 12.5. The van der Waals surface area contributed by atoms with Crippen LogP contribution in [0.5, 0.6) is 34.5 Å². The van der Waals surface area contributed by atoms with E-state index in [9.17, 15) is 10.2 Å². The first-order chi connectivity index (χ1) is 44.0. The first kappa shape index (κ1) is 82.1. The predicted octanol–water partition coefficient (Wildman–Crippen LogP) is 24.4. The highest BCUT2D eigenvalue weighted by Crippen LogP contribution is 2.38. The minimum absolute atomic E-state index is 0.144. The van der Waals surface area contributed by atoms with Crippen LogP contribution in [0.4, 0.5) is 0 Å². The highest BCUT2D eigenvalue weighted by atomic mass is 16.5. The molecule has 8 nitrogen and oxygen atoms in total. The summed E-state index contributed by atoms with van der Waals surface area (Å²) in [5, 5.41) is 21.7. The van der Waals surface area contributed by atoms with E-state index in [4.69, 9.17) is 28.4 Å². The second-order valence-electron chi connectivity index (χ2n) is 31.3. The Morgan fingerprint density at radius 3 is 0.598 bits per heavy atom. The zero-order chi connectivity index (χ0) is 67.8. The molecule has 92 heavy (non-hydrogen) atoms. The number of hydrogen-bond acceptors (Lipinski definition) is 8. The molecule has 0 spiro atoms. The smallest absolute Gasteiger partial charge is 0.127 e. The van der Waals surface area contributed by atoms with Crippen molar-refractivity contribution < 1.29 is 38.6 Å². The van der Waals surface area contributed by atoms with Gasteiger partial charge in [0.05, 0.1) is 52.9 Å². The van der Waals surface area contributed by atoms with E-state index in [1.54, 1.807) is 0 Å². The summed E-state index contributed by atoms with van der Waals surface area (Å²) in [6.45, 7) is 44.9. The van der Waals surface area contributed by atoms with Crippen LogP contribution in [0.2, 0.25) is 0 Å². The fourth-order valence-electron chi connectivity index (χ4n) is 12.1. The maximum Gasteiger partial charge on any atom is 0.127 e. The molecule has 3 aromatic rings. The average Bonchev–Trinajstić information content (AvgIpc) is 1.02. The number of aliphatic hydroxyl groups is 2. The molecule has 0 heterocycles. The van der Waals surface area contributed by atoms with Crippen LogP contribution in [0, 0.1) is 71.0 Å². The first-order valence-corrected chi connectivity index (χ1v) is 37.8. The fraction of sp³-hybridized carbons (Fsp3) is 0.738. The number of ether oxygens (including phenoxy) is 6. The van der Waals surface area contributed by atoms with Gasteiger partial charge in [0, 0.05) is 33.4 Å². The van der Waals surface area contributed by atoms with Gasteiger partial charge in [-0.15, -0.1) is 0 Å². The Labute approximate surface area is 567 Å². The van der Waals surface area contributed by atoms with Gasteiger partial charge in [0.1, 0.15) is 34.5 Å². The summed E-state index contributed by atoms with van der Waals surface area (Å²) in [6.07, 6.45) is 36.2. The minimum Gasteiger partial charge on any atom is -0.493 e. The molecule has 0 radical (unpaired) electrons. The Morgan fingerprint density at radius 1 is 0.239 bits per heavy atom. The van der Waals surface area contributed by atoms with E-state index in [0.29, 0.717) is 122 Å². The van der Waals surface area contributed by atoms with E-state index in [2.05, 4.69) is 173 Å². The van der Waals surface area contributed by atoms with Crippen molar-refractivity contribution in [3.63, 3.8) is 0 Å². The van der Waals surface area contributed by atoms with Gasteiger partial charge in [-0.2, -0.15) is 0 Å². The minimum atomic E-state index is -0.144. The molecule has 8 heteroatoms. The Balaban J connectivity index is 2.29. The lowest BCUT2D eigenvalue weighted by atomic mass is 9.97. The van der Waals surface area contributed by atoms with Crippen molar-refractivity contribution in [1.29, 1.82) is 0 Å². The average molecular weight is 1280 g/mol. The number of rotatable bonds is 54. The summed E-state index contributed by atoms with van der Waals surface area (Å²) < 4.78 is 40.8. The van der Waals surface area contributed by atoms with Crippen LogP contribution in [-0.4, -0.2) is 49.9 Å². The summed E-state index contributed by atoms with van der Waals surface area (Å²) in [4.78, 5) is 0. The lowest BCUT2D eigenvalue weighted by molar-refractivity contribution is 0.246. The number of benzene rings is 3. The monoisotopic (exact) mass is 1280 g/mol. The quantitative estimate of drug-likeness (QED) is 0.0540. The molecule has 0 saturated carbocycles. The number of aliphatic hydroxyl groups excluding tert-OH is 2. The van der Waals surface area contributed by atoms with Crippen molar-refractivity contribution in [3.05, 3.63) is 69.8 Å². The third-order valence-electron chi connectivity index (χ3n) is 18.8. The Hall–Kier alpha value is -4.14. The fourth-order valence-corrected chi connectivity index (χ4v) is 12.1. The van der Waals surface area contributed by atoms with Crippen LogP contribution in [0.15, 0.2) is 36.4 Å². The Kier molecular flexibility index (Phi) is 42.6. The van der Waals surface area contributed by atoms with Gasteiger partial charge in [-0.3, -0.25) is 0 Å². The second-order valence-corrected chi connectivity index (χ2v) is 31.3. The van der Waals surface area contributed by atoms with Crippen molar-refractivity contribution in [3.8, 4) is 34.5 Å². The van der Waals surface area contributed by atoms with Crippen molar-refractivity contribution in [2.24, 2.45) is 71.0 Å². The van der Waals surface area contributed by atoms with E-state index < -0.39 is 0 Å². The molecule has 3 rings (SSSR count). The molecule has 3 aromatic carbocycles. The Bertz CT molecular complexity index is 2260. The SMILES string of the molecule is CC(C)CCC[C@H](C)CCOc1cc(/C=C/c2cc(OCC[C@@H](C)CCCC(C)C)c(CO)cc2OCC[C@@H](C)CCCC(C)C)c(OCC[C@@H](C)CCCC(C)C)cc1/C=C/c1cc(OCC[C@@H](C)CCCC(C)C)c(CO)cc1OCC[C@@H](C)CCCC(C)C. The van der Waals surface area contributed by atoms with Crippen molar-refractivity contribution >= 4 is 24.3 Å². The van der Waals surface area contributed by atoms with Gasteiger partial charge in [-0.25, -0.2) is 0 Å². The van der Waals surface area contributed by atoms with Crippen LogP contribution in [0.1, 0.15) is 312 Å². The van der Waals surface area contributed by atoms with Crippen molar-refractivity contribution in [1.82, 2.24) is 0 Å². The molecule has 0 aromatic heterocycles. The zero-order valence-corrected chi connectivity index (χ0v) is 62.7. The molecule has 0 aliphatic carbocycles. The highest BCUT2D eigenvalue weighted by molar-refractivity contribution is 5.81. The topological polar surface area (TPSA) is 95.8 Å². The highest BCUT2D eigenvalue weighted by Gasteiger charge is 2.19. The maximum absolute atomic E-state index is 10.9. The van der Waals surface area contributed by atoms with E-state index in [1.165, 1.54) is 116 Å². The Morgan fingerprint density at radius 2 is 0.413 bits per heavy atom. The molecule has 0 amide bonds. The molecule has 0 aliphatic heterocycles. The van der Waals surface area contributed by atoms with Gasteiger partial charge in [0.2, 0.25) is 0 Å². The van der Waals surface area contributed by atoms with Crippen LogP contribution in [0.3, 0.4) is 0 Å². The molecular weight excluding hydrogens is 1140 g/mol. The molecule has 0 fully saturated rings. The summed E-state index contributed by atoms with van der Waals surface area (Å²) in [5.41, 5.74) is 5.08. The van der Waals surface area contributed by atoms with Crippen LogP contribution >= 0.6 is 0 Å². The lowest BCUT2D eigenvalue weighted by Gasteiger charge is -2.19. The zero-order valence-electron chi connectivity index (χ0n) is 62.7. The molecule has 526 valence electrons. The lowest BCUT2D eigenvalue weighted by Crippen LogP contribution is -2.08. The number of hydrogen-bond donors (Lipinski definition) is 2. The van der Waals surface area contributed by atoms with Gasteiger partial charge >= 0.3 is 0 Å². The van der Waals surface area contributed by atoms with Crippen molar-refractivity contribution in [2.75, 3.05) is 39.6 Å². The van der Waals surface area contributed by atoms with E-state index in [0.717, 1.165) is 94.9 Å². The third kappa shape index (κ3) is 36.7. The molecule has 0 saturated heterocycles. The molecule has 0 aliphatic rings. The van der Waals surface area contributed by atoms with Crippen LogP contribution in [0.25, 0.3) is 24.3 Å². The largest absolute Gasteiger partial charge is 0.493 e. The summed E-state index contributed by atoms with van der Waals surface area (Å²) >= 11 is 0. The summed E-state index contributed by atoms with van der Waals surface area (Å²) in [5.74, 6) is 11.8. The second kappa shape index (κ2) is 47.7. The van der Waals surface area contributed by atoms with Crippen molar-refractivity contribution in [2.45, 2.75) is 292 Å². The first-order valence-electron chi connectivity index (χ1n) is 37.8. The molecule has 6 atom stereocenters. The molecule has 2 N–H and O–H groups in total. The normalized spacial score (nSPS) is 14.2. The molecular formula is C84H142O8. The standard InChI is InChI=1S/C84H142O8/c1-61(2)25-19-31-67(13)41-47-87-79-53-74(38-40-76-56-84(92-52-46-72(18)36-24-30-66(11)12)78(60-86)58-82(76)90-50-44-70(16)34-22-28-64(7)8)80(88-48-42-68(14)32-20-26-62(3)4)54-73(79)37-39-75-55-83(91-51-45-71(17)35-23-29-65(9)10)77(59-85)57-81(75)89-49-43-69(15)33-21-27-63(5)6/h37-40,53-58,61-72,85-86H,19-36,41-52,59-60H2,1-18H3/b39-37+,40-38+/t67-,68-,69-,70-,71-,72-/m0/s1. The van der Waals surface area contributed by atoms with Gasteiger partial charge in [-0.1, -0.05) is 265 Å². The van der Waals surface area contributed by atoms with E-state index in [-0.39, 0.29) is 13.2 Å². The van der Waals surface area contributed by atoms with E-state index in [1.807, 2.05) is 12.1 Å². The van der Waals surface area contributed by atoms with Crippen LogP contribution < -0.4 is 28.4 Å². The van der Waals surface area contributed by atoms with Gasteiger partial charge in [0.25, 0.3) is 0 Å².